The monoisotopic (exact) mass is 409 g/mol. The highest BCUT2D eigenvalue weighted by atomic mass is 19.1. The molecule has 0 saturated heterocycles. The van der Waals surface area contributed by atoms with Gasteiger partial charge in [-0.1, -0.05) is 36.4 Å². The molecule has 6 heteroatoms. The number of hydrogen-bond acceptors (Lipinski definition) is 4. The number of methoxy groups -OCH3 is 1. The number of carbonyl (C=O) groups excluding carboxylic acids is 2. The first kappa shape index (κ1) is 21.3. The fourth-order valence-electron chi connectivity index (χ4n) is 3.04. The summed E-state index contributed by atoms with van der Waals surface area (Å²) >= 11 is 0. The van der Waals surface area contributed by atoms with Crippen LogP contribution in [0.15, 0.2) is 60.7 Å². The summed E-state index contributed by atoms with van der Waals surface area (Å²) < 4.78 is 23.5. The molecule has 0 radical (unpaired) electrons. The second-order valence-corrected chi connectivity index (χ2v) is 7.12. The molecule has 3 aromatic rings. The maximum Gasteiger partial charge on any atom is 0.313 e. The highest BCUT2D eigenvalue weighted by molar-refractivity contribution is 5.88. The van der Waals surface area contributed by atoms with Crippen LogP contribution < -0.4 is 10.1 Å². The Morgan fingerprint density at radius 3 is 2.33 bits per heavy atom. The lowest BCUT2D eigenvalue weighted by molar-refractivity contribution is -0.156. The van der Waals surface area contributed by atoms with E-state index in [4.69, 9.17) is 9.47 Å². The third-order valence-corrected chi connectivity index (χ3v) is 4.97. The molecule has 30 heavy (non-hydrogen) atoms. The van der Waals surface area contributed by atoms with Crippen LogP contribution >= 0.6 is 0 Å². The number of nitrogens with one attached hydrogen (secondary N) is 1. The molecule has 3 rings (SSSR count). The van der Waals surface area contributed by atoms with Crippen LogP contribution in [-0.4, -0.2) is 25.1 Å². The van der Waals surface area contributed by atoms with E-state index in [1.165, 1.54) is 19.1 Å². The minimum Gasteiger partial charge on any atom is -0.497 e. The summed E-state index contributed by atoms with van der Waals surface area (Å²) in [6.07, 6.45) is -0.940. The summed E-state index contributed by atoms with van der Waals surface area (Å²) in [4.78, 5) is 24.8. The van der Waals surface area contributed by atoms with Gasteiger partial charge in [0, 0.05) is 6.54 Å². The van der Waals surface area contributed by atoms with Gasteiger partial charge in [0.25, 0.3) is 5.91 Å². The number of amides is 1. The Bertz CT molecular complexity index is 1050. The largest absolute Gasteiger partial charge is 0.497 e. The van der Waals surface area contributed by atoms with Crippen LogP contribution in [0.1, 0.15) is 30.9 Å². The Hall–Kier alpha value is -3.41. The number of fused-ring (bicyclic) bond motifs is 1. The summed E-state index contributed by atoms with van der Waals surface area (Å²) in [6, 6.07) is 17.3. The second-order valence-electron chi connectivity index (χ2n) is 7.12. The zero-order valence-corrected chi connectivity index (χ0v) is 17.1. The Morgan fingerprint density at radius 2 is 1.63 bits per heavy atom. The maximum atomic E-state index is 12.9. The predicted molar refractivity (Wildman–Crippen MR) is 113 cm³/mol. The van der Waals surface area contributed by atoms with Gasteiger partial charge in [0.2, 0.25) is 0 Å². The number of halogens is 1. The number of ether oxygens (including phenoxy) is 2. The molecule has 2 atom stereocenters. The molecule has 1 amide bonds. The normalized spacial score (nSPS) is 12.8. The molecule has 0 saturated carbocycles. The van der Waals surface area contributed by atoms with Crippen molar-refractivity contribution in [2.24, 2.45) is 0 Å². The first-order chi connectivity index (χ1) is 14.4. The highest BCUT2D eigenvalue weighted by Gasteiger charge is 2.23. The van der Waals surface area contributed by atoms with Gasteiger partial charge in [-0.05, 0) is 60.0 Å². The van der Waals surface area contributed by atoms with Gasteiger partial charge in [-0.25, -0.2) is 4.39 Å². The molecule has 0 unspecified atom stereocenters. The fraction of sp³-hybridized carbons (Fsp3) is 0.250. The zero-order valence-electron chi connectivity index (χ0n) is 17.1. The summed E-state index contributed by atoms with van der Waals surface area (Å²) in [5.74, 6) is -0.987. The number of carbonyl (C=O) groups is 2. The van der Waals surface area contributed by atoms with Gasteiger partial charge in [0.1, 0.15) is 11.6 Å². The summed E-state index contributed by atoms with van der Waals surface area (Å²) in [7, 11) is 1.62. The maximum absolute atomic E-state index is 12.9. The third kappa shape index (κ3) is 5.14. The molecule has 0 aliphatic heterocycles. The molecular weight excluding hydrogens is 385 g/mol. The Labute approximate surface area is 174 Å². The lowest BCUT2D eigenvalue weighted by atomic mass is 9.98. The van der Waals surface area contributed by atoms with E-state index in [0.29, 0.717) is 0 Å². The van der Waals surface area contributed by atoms with E-state index in [1.54, 1.807) is 26.2 Å². The van der Waals surface area contributed by atoms with Crippen LogP contribution in [0.2, 0.25) is 0 Å². The van der Waals surface area contributed by atoms with Crippen LogP contribution in [0.3, 0.4) is 0 Å². The van der Waals surface area contributed by atoms with Crippen LogP contribution in [0.4, 0.5) is 4.39 Å². The summed E-state index contributed by atoms with van der Waals surface area (Å²) in [6.45, 7) is 3.50. The van der Waals surface area contributed by atoms with E-state index in [1.807, 2.05) is 36.4 Å². The van der Waals surface area contributed by atoms with E-state index in [-0.39, 0.29) is 12.4 Å². The van der Waals surface area contributed by atoms with Crippen LogP contribution in [-0.2, 0) is 20.9 Å². The molecule has 0 bridgehead atoms. The van der Waals surface area contributed by atoms with Crippen molar-refractivity contribution in [1.29, 1.82) is 0 Å². The lowest BCUT2D eigenvalue weighted by Crippen LogP contribution is -2.36. The quantitative estimate of drug-likeness (QED) is 0.590. The Balaban J connectivity index is 1.59. The van der Waals surface area contributed by atoms with E-state index in [2.05, 4.69) is 5.32 Å². The molecule has 0 aliphatic rings. The number of esters is 1. The zero-order chi connectivity index (χ0) is 21.7. The summed E-state index contributed by atoms with van der Waals surface area (Å²) in [5.41, 5.74) is 1.56. The van der Waals surface area contributed by atoms with E-state index >= 15 is 0 Å². The highest BCUT2D eigenvalue weighted by Crippen LogP contribution is 2.26. The van der Waals surface area contributed by atoms with Crippen LogP contribution in [0.25, 0.3) is 10.8 Å². The van der Waals surface area contributed by atoms with Gasteiger partial charge in [0.15, 0.2) is 6.10 Å². The molecule has 0 fully saturated rings. The molecule has 5 nitrogen and oxygen atoms in total. The fourth-order valence-corrected chi connectivity index (χ4v) is 3.04. The minimum absolute atomic E-state index is 0.227. The molecule has 156 valence electrons. The average Bonchev–Trinajstić information content (AvgIpc) is 2.77. The van der Waals surface area contributed by atoms with Crippen molar-refractivity contribution in [3.05, 3.63) is 77.6 Å². The Morgan fingerprint density at radius 1 is 0.967 bits per heavy atom. The van der Waals surface area contributed by atoms with Crippen LogP contribution in [0.5, 0.6) is 5.75 Å². The molecule has 3 aromatic carbocycles. The number of hydrogen-bond donors (Lipinski definition) is 1. The van der Waals surface area contributed by atoms with Crippen molar-refractivity contribution in [1.82, 2.24) is 5.32 Å². The van der Waals surface area contributed by atoms with Gasteiger partial charge in [-0.3, -0.25) is 9.59 Å². The van der Waals surface area contributed by atoms with Gasteiger partial charge in [-0.2, -0.15) is 0 Å². The molecule has 1 N–H and O–H groups in total. The summed E-state index contributed by atoms with van der Waals surface area (Å²) in [5, 5.41) is 4.68. The molecule has 0 heterocycles. The van der Waals surface area contributed by atoms with Crippen molar-refractivity contribution in [2.75, 3.05) is 7.11 Å². The SMILES string of the molecule is COc1ccc2cc([C@H](C)C(=O)O[C@H](C)C(=O)NCc3ccc(F)cc3)ccc2c1. The smallest absolute Gasteiger partial charge is 0.313 e. The number of benzene rings is 3. The minimum atomic E-state index is -0.940. The van der Waals surface area contributed by atoms with Gasteiger partial charge < -0.3 is 14.8 Å². The van der Waals surface area contributed by atoms with Gasteiger partial charge in [-0.15, -0.1) is 0 Å². The van der Waals surface area contributed by atoms with Crippen molar-refractivity contribution < 1.29 is 23.5 Å². The number of rotatable bonds is 7. The van der Waals surface area contributed by atoms with E-state index < -0.39 is 23.9 Å². The van der Waals surface area contributed by atoms with E-state index in [0.717, 1.165) is 27.6 Å². The average molecular weight is 409 g/mol. The van der Waals surface area contributed by atoms with Gasteiger partial charge in [0.05, 0.1) is 13.0 Å². The van der Waals surface area contributed by atoms with Crippen molar-refractivity contribution in [2.45, 2.75) is 32.4 Å². The first-order valence-electron chi connectivity index (χ1n) is 9.67. The second kappa shape index (κ2) is 9.39. The van der Waals surface area contributed by atoms with Crippen molar-refractivity contribution in [3.8, 4) is 5.75 Å². The topological polar surface area (TPSA) is 64.6 Å². The standard InChI is InChI=1S/C24H24FNO4/c1-15(18-6-7-20-13-22(29-3)11-8-19(20)12-18)24(28)30-16(2)23(27)26-14-17-4-9-21(25)10-5-17/h4-13,15-16H,14H2,1-3H3,(H,26,27)/t15-,16+/m0/s1. The van der Waals surface area contributed by atoms with E-state index in [9.17, 15) is 14.0 Å². The van der Waals surface area contributed by atoms with Crippen molar-refractivity contribution in [3.63, 3.8) is 0 Å². The lowest BCUT2D eigenvalue weighted by Gasteiger charge is -2.17. The third-order valence-electron chi connectivity index (χ3n) is 4.97. The molecule has 0 spiro atoms. The predicted octanol–water partition coefficient (Wildman–Crippen LogP) is 4.34. The molecule has 0 aliphatic carbocycles. The molecular formula is C24H24FNO4. The molecule has 0 aromatic heterocycles. The Kier molecular flexibility index (Phi) is 6.67. The van der Waals surface area contributed by atoms with Gasteiger partial charge >= 0.3 is 5.97 Å². The van der Waals surface area contributed by atoms with Crippen molar-refractivity contribution >= 4 is 22.6 Å². The van der Waals surface area contributed by atoms with Crippen LogP contribution in [0, 0.1) is 5.82 Å². The first-order valence-corrected chi connectivity index (χ1v) is 9.67.